The predicted molar refractivity (Wildman–Crippen MR) is 81.2 cm³/mol. The van der Waals surface area contributed by atoms with E-state index in [0.29, 0.717) is 24.5 Å². The molecule has 0 aliphatic carbocycles. The van der Waals surface area contributed by atoms with Crippen LogP contribution in [0.4, 0.5) is 14.9 Å². The van der Waals surface area contributed by atoms with E-state index in [1.165, 1.54) is 17.3 Å². The molecular weight excluding hydrogens is 315 g/mol. The van der Waals surface area contributed by atoms with Crippen LogP contribution in [0.15, 0.2) is 49.3 Å². The molecule has 0 saturated carbocycles. The van der Waals surface area contributed by atoms with E-state index in [2.05, 4.69) is 15.3 Å². The van der Waals surface area contributed by atoms with Gasteiger partial charge in [0.25, 0.3) is 0 Å². The van der Waals surface area contributed by atoms with Gasteiger partial charge >= 0.3 is 6.09 Å². The first-order valence-electron chi connectivity index (χ1n) is 7.31. The molecule has 2 aromatic heterocycles. The van der Waals surface area contributed by atoms with Crippen molar-refractivity contribution in [2.75, 3.05) is 11.4 Å². The Bertz CT molecular complexity index is 849. The summed E-state index contributed by atoms with van der Waals surface area (Å²) in [6.07, 6.45) is 7.10. The molecule has 0 bridgehead atoms. The second-order valence-electron chi connectivity index (χ2n) is 5.35. The molecule has 3 aromatic rings. The molecule has 0 radical (unpaired) electrons. The fraction of sp³-hybridized carbons (Fsp3) is 0.200. The van der Waals surface area contributed by atoms with Crippen molar-refractivity contribution < 1.29 is 13.9 Å². The molecule has 9 heteroatoms. The lowest BCUT2D eigenvalue weighted by Gasteiger charge is -2.14. The fourth-order valence-corrected chi connectivity index (χ4v) is 2.64. The molecule has 8 nitrogen and oxygen atoms in total. The molecule has 0 spiro atoms. The second-order valence-corrected chi connectivity index (χ2v) is 5.35. The summed E-state index contributed by atoms with van der Waals surface area (Å²) in [5.74, 6) is -0.446. The highest BCUT2D eigenvalue weighted by Crippen LogP contribution is 2.25. The minimum atomic E-state index is -0.505. The Balaban J connectivity index is 1.53. The summed E-state index contributed by atoms with van der Waals surface area (Å²) < 4.78 is 22.8. The number of cyclic esters (lactones) is 1. The Hall–Kier alpha value is -3.23. The molecule has 3 heterocycles. The highest BCUT2D eigenvalue weighted by molar-refractivity contribution is 5.89. The molecule has 1 saturated heterocycles. The monoisotopic (exact) mass is 328 g/mol. The van der Waals surface area contributed by atoms with E-state index in [4.69, 9.17) is 4.74 Å². The Kier molecular flexibility index (Phi) is 3.45. The van der Waals surface area contributed by atoms with Crippen molar-refractivity contribution in [3.8, 4) is 5.69 Å². The van der Waals surface area contributed by atoms with Crippen molar-refractivity contribution >= 4 is 11.8 Å². The standard InChI is InChI=1S/C15H13FN6O2/c16-13-7-11(1-2-14(13)20-5-3-17-10-20)22-9-12(24-15(22)23)8-21-6-4-18-19-21/h1-7,10,12H,8-9H2/t12-/m0/s1. The maximum absolute atomic E-state index is 14.3. The number of hydrogen-bond acceptors (Lipinski definition) is 5. The lowest BCUT2D eigenvalue weighted by atomic mass is 10.2. The highest BCUT2D eigenvalue weighted by atomic mass is 19.1. The topological polar surface area (TPSA) is 78.1 Å². The molecule has 4 rings (SSSR count). The number of anilines is 1. The number of rotatable bonds is 4. The van der Waals surface area contributed by atoms with E-state index in [-0.39, 0.29) is 6.10 Å². The van der Waals surface area contributed by atoms with Crippen LogP contribution >= 0.6 is 0 Å². The lowest BCUT2D eigenvalue weighted by Crippen LogP contribution is -2.26. The van der Waals surface area contributed by atoms with Crippen LogP contribution in [0.25, 0.3) is 5.69 Å². The summed E-state index contributed by atoms with van der Waals surface area (Å²) in [5, 5.41) is 7.55. The number of nitrogens with zero attached hydrogens (tertiary/aromatic N) is 6. The van der Waals surface area contributed by atoms with Crippen molar-refractivity contribution in [2.24, 2.45) is 0 Å². The van der Waals surface area contributed by atoms with Crippen LogP contribution in [0.2, 0.25) is 0 Å². The van der Waals surface area contributed by atoms with Gasteiger partial charge in [0.15, 0.2) is 0 Å². The fourth-order valence-electron chi connectivity index (χ4n) is 2.64. The summed E-state index contributed by atoms with van der Waals surface area (Å²) in [6.45, 7) is 0.723. The SMILES string of the molecule is O=C1O[C@@H](Cn2ccnn2)CN1c1ccc(-n2ccnc2)c(F)c1. The van der Waals surface area contributed by atoms with Crippen LogP contribution in [0.1, 0.15) is 0 Å². The van der Waals surface area contributed by atoms with Gasteiger partial charge in [-0.05, 0) is 18.2 Å². The van der Waals surface area contributed by atoms with Gasteiger partial charge in [-0.2, -0.15) is 0 Å². The quantitative estimate of drug-likeness (QED) is 0.727. The minimum absolute atomic E-state index is 0.322. The second kappa shape index (κ2) is 5.76. The molecule has 1 aliphatic rings. The van der Waals surface area contributed by atoms with Gasteiger partial charge in [-0.25, -0.2) is 18.9 Å². The van der Waals surface area contributed by atoms with Gasteiger partial charge in [-0.15, -0.1) is 5.10 Å². The number of imidazole rings is 1. The predicted octanol–water partition coefficient (Wildman–Crippen LogP) is 1.63. The number of amides is 1. The maximum atomic E-state index is 14.3. The van der Waals surface area contributed by atoms with Gasteiger partial charge in [0.1, 0.15) is 11.9 Å². The van der Waals surface area contributed by atoms with Crippen LogP contribution in [0, 0.1) is 5.82 Å². The van der Waals surface area contributed by atoms with E-state index in [1.807, 2.05) is 0 Å². The van der Waals surface area contributed by atoms with Crippen LogP contribution < -0.4 is 4.90 Å². The van der Waals surface area contributed by atoms with Gasteiger partial charge < -0.3 is 9.30 Å². The van der Waals surface area contributed by atoms with E-state index in [1.54, 1.807) is 46.2 Å². The van der Waals surface area contributed by atoms with E-state index >= 15 is 0 Å². The average Bonchev–Trinajstić information content (AvgIpc) is 3.30. The first-order valence-corrected chi connectivity index (χ1v) is 7.31. The minimum Gasteiger partial charge on any atom is -0.442 e. The summed E-state index contributed by atoms with van der Waals surface area (Å²) in [7, 11) is 0. The zero-order chi connectivity index (χ0) is 16.5. The number of benzene rings is 1. The van der Waals surface area contributed by atoms with Gasteiger partial charge in [-0.3, -0.25) is 4.90 Å². The summed E-state index contributed by atoms with van der Waals surface area (Å²) in [4.78, 5) is 17.4. The molecule has 0 unspecified atom stereocenters. The first-order chi connectivity index (χ1) is 11.7. The largest absolute Gasteiger partial charge is 0.442 e. The molecule has 1 aliphatic heterocycles. The van der Waals surface area contributed by atoms with Crippen LogP contribution in [0.3, 0.4) is 0 Å². The number of aromatic nitrogens is 5. The molecular formula is C15H13FN6O2. The van der Waals surface area contributed by atoms with Crippen LogP contribution in [-0.4, -0.2) is 43.3 Å². The van der Waals surface area contributed by atoms with Crippen molar-refractivity contribution in [2.45, 2.75) is 12.6 Å². The van der Waals surface area contributed by atoms with E-state index in [0.717, 1.165) is 0 Å². The van der Waals surface area contributed by atoms with Gasteiger partial charge in [0, 0.05) is 18.6 Å². The third-order valence-corrected chi connectivity index (χ3v) is 3.76. The molecule has 1 amide bonds. The third-order valence-electron chi connectivity index (χ3n) is 3.76. The molecule has 1 fully saturated rings. The highest BCUT2D eigenvalue weighted by Gasteiger charge is 2.33. The Labute approximate surface area is 136 Å². The van der Waals surface area contributed by atoms with Gasteiger partial charge in [0.2, 0.25) is 0 Å². The number of hydrogen-bond donors (Lipinski definition) is 0. The van der Waals surface area contributed by atoms with Crippen molar-refractivity contribution in [3.63, 3.8) is 0 Å². The number of halogens is 1. The summed E-state index contributed by atoms with van der Waals surface area (Å²) in [5.41, 5.74) is 0.811. The van der Waals surface area contributed by atoms with Crippen molar-refractivity contribution in [1.82, 2.24) is 24.5 Å². The molecule has 1 aromatic carbocycles. The average molecular weight is 328 g/mol. The van der Waals surface area contributed by atoms with E-state index in [9.17, 15) is 9.18 Å². The normalized spacial score (nSPS) is 17.3. The molecule has 1 atom stereocenters. The smallest absolute Gasteiger partial charge is 0.414 e. The van der Waals surface area contributed by atoms with Crippen molar-refractivity contribution in [3.05, 3.63) is 55.1 Å². The Morgan fingerprint density at radius 2 is 2.21 bits per heavy atom. The first kappa shape index (κ1) is 14.4. The number of carbonyl (C=O) groups excluding carboxylic acids is 1. The van der Waals surface area contributed by atoms with Crippen molar-refractivity contribution in [1.29, 1.82) is 0 Å². The zero-order valence-electron chi connectivity index (χ0n) is 12.5. The molecule has 24 heavy (non-hydrogen) atoms. The maximum Gasteiger partial charge on any atom is 0.414 e. The Morgan fingerprint density at radius 1 is 1.29 bits per heavy atom. The lowest BCUT2D eigenvalue weighted by molar-refractivity contribution is 0.129. The zero-order valence-corrected chi connectivity index (χ0v) is 12.5. The summed E-state index contributed by atoms with van der Waals surface area (Å²) in [6, 6.07) is 4.59. The Morgan fingerprint density at radius 3 is 2.92 bits per heavy atom. The molecule has 122 valence electrons. The number of carbonyl (C=O) groups is 1. The van der Waals surface area contributed by atoms with Crippen LogP contribution in [0.5, 0.6) is 0 Å². The number of ether oxygens (including phenoxy) is 1. The molecule has 0 N–H and O–H groups in total. The van der Waals surface area contributed by atoms with E-state index < -0.39 is 11.9 Å². The summed E-state index contributed by atoms with van der Waals surface area (Å²) >= 11 is 0. The third kappa shape index (κ3) is 2.60. The van der Waals surface area contributed by atoms with Gasteiger partial charge in [-0.1, -0.05) is 5.21 Å². The van der Waals surface area contributed by atoms with Gasteiger partial charge in [0.05, 0.1) is 37.0 Å². The van der Waals surface area contributed by atoms with Crippen LogP contribution in [-0.2, 0) is 11.3 Å².